The van der Waals surface area contributed by atoms with Crippen LogP contribution < -0.4 is 0 Å². The minimum absolute atomic E-state index is 0.0329. The minimum atomic E-state index is -0.422. The van der Waals surface area contributed by atoms with E-state index < -0.39 is 5.60 Å². The van der Waals surface area contributed by atoms with Gasteiger partial charge in [0.15, 0.2) is 0 Å². The van der Waals surface area contributed by atoms with Crippen molar-refractivity contribution in [1.29, 1.82) is 0 Å². The standard InChI is InChI=1S/C18H21N3O3/c1-23-16-10-21(17(22)15-8-19-20-9-15)12-18(16)7-14(11-24-18)13-5-3-2-4-6-13/h2-6,8-9,14,16H,7,10-12H2,1H3,(H,19,20)/t14-,16+,18+/m0/s1. The Hall–Kier alpha value is -2.18. The number of benzene rings is 1. The molecule has 126 valence electrons. The topological polar surface area (TPSA) is 67.5 Å². The molecule has 1 amide bonds. The highest BCUT2D eigenvalue weighted by atomic mass is 16.6. The van der Waals surface area contributed by atoms with Crippen molar-refractivity contribution in [2.45, 2.75) is 24.0 Å². The van der Waals surface area contributed by atoms with Gasteiger partial charge < -0.3 is 14.4 Å². The molecule has 0 unspecified atom stereocenters. The molecule has 2 aromatic rings. The molecule has 24 heavy (non-hydrogen) atoms. The number of ether oxygens (including phenoxy) is 2. The number of hydrogen-bond donors (Lipinski definition) is 1. The lowest BCUT2D eigenvalue weighted by Gasteiger charge is -2.28. The smallest absolute Gasteiger partial charge is 0.257 e. The summed E-state index contributed by atoms with van der Waals surface area (Å²) in [6, 6.07) is 10.4. The maximum atomic E-state index is 12.6. The molecule has 0 aliphatic carbocycles. The zero-order chi connectivity index (χ0) is 16.6. The Labute approximate surface area is 140 Å². The van der Waals surface area contributed by atoms with Crippen molar-refractivity contribution in [3.8, 4) is 0 Å². The van der Waals surface area contributed by atoms with E-state index in [1.54, 1.807) is 19.5 Å². The van der Waals surface area contributed by atoms with Crippen LogP contribution in [0, 0.1) is 0 Å². The zero-order valence-electron chi connectivity index (χ0n) is 13.6. The number of rotatable bonds is 3. The predicted octanol–water partition coefficient (Wildman–Crippen LogP) is 1.82. The summed E-state index contributed by atoms with van der Waals surface area (Å²) in [6.45, 7) is 1.76. The average molecular weight is 327 g/mol. The van der Waals surface area contributed by atoms with Crippen molar-refractivity contribution in [3.63, 3.8) is 0 Å². The van der Waals surface area contributed by atoms with Crippen molar-refractivity contribution in [3.05, 3.63) is 53.9 Å². The number of aromatic amines is 1. The van der Waals surface area contributed by atoms with E-state index in [-0.39, 0.29) is 12.0 Å². The lowest BCUT2D eigenvalue weighted by molar-refractivity contribution is -0.0755. The summed E-state index contributed by atoms with van der Waals surface area (Å²) in [4.78, 5) is 14.4. The van der Waals surface area contributed by atoms with Crippen LogP contribution in [0.2, 0.25) is 0 Å². The number of amides is 1. The molecule has 1 spiro atoms. The number of H-pyrrole nitrogens is 1. The van der Waals surface area contributed by atoms with Crippen molar-refractivity contribution < 1.29 is 14.3 Å². The van der Waals surface area contributed by atoms with E-state index in [4.69, 9.17) is 9.47 Å². The van der Waals surface area contributed by atoms with Crippen LogP contribution in [0.5, 0.6) is 0 Å². The molecule has 0 radical (unpaired) electrons. The molecule has 3 atom stereocenters. The Bertz CT molecular complexity index is 704. The molecule has 1 aromatic heterocycles. The monoisotopic (exact) mass is 327 g/mol. The van der Waals surface area contributed by atoms with Gasteiger partial charge in [0, 0.05) is 19.2 Å². The van der Waals surface area contributed by atoms with Crippen molar-refractivity contribution >= 4 is 5.91 Å². The fourth-order valence-corrected chi connectivity index (χ4v) is 3.93. The van der Waals surface area contributed by atoms with Crippen LogP contribution in [0.15, 0.2) is 42.7 Å². The third kappa shape index (κ3) is 2.52. The van der Waals surface area contributed by atoms with Gasteiger partial charge in [0.1, 0.15) is 11.7 Å². The quantitative estimate of drug-likeness (QED) is 0.934. The molecule has 2 aliphatic heterocycles. The Morgan fingerprint density at radius 3 is 2.96 bits per heavy atom. The van der Waals surface area contributed by atoms with E-state index in [1.165, 1.54) is 5.56 Å². The molecule has 3 heterocycles. The summed E-state index contributed by atoms with van der Waals surface area (Å²) in [7, 11) is 1.69. The Kier molecular flexibility index (Phi) is 3.86. The van der Waals surface area contributed by atoms with Gasteiger partial charge in [0.25, 0.3) is 5.91 Å². The third-order valence-corrected chi connectivity index (χ3v) is 5.18. The number of methoxy groups -OCH3 is 1. The second-order valence-corrected chi connectivity index (χ2v) is 6.58. The van der Waals surface area contributed by atoms with Gasteiger partial charge in [0.2, 0.25) is 0 Å². The molecule has 1 aromatic carbocycles. The molecule has 6 heteroatoms. The first-order valence-corrected chi connectivity index (χ1v) is 8.21. The Balaban J connectivity index is 1.53. The van der Waals surface area contributed by atoms with Crippen LogP contribution in [0.25, 0.3) is 0 Å². The number of carbonyl (C=O) groups excluding carboxylic acids is 1. The molecule has 1 N–H and O–H groups in total. The Morgan fingerprint density at radius 2 is 2.25 bits per heavy atom. The average Bonchev–Trinajstić information content (AvgIpc) is 3.36. The van der Waals surface area contributed by atoms with E-state index in [1.807, 2.05) is 11.0 Å². The van der Waals surface area contributed by atoms with Crippen molar-refractivity contribution in [2.24, 2.45) is 0 Å². The van der Waals surface area contributed by atoms with Crippen LogP contribution in [-0.2, 0) is 9.47 Å². The molecular formula is C18H21N3O3. The van der Waals surface area contributed by atoms with Gasteiger partial charge in [-0.2, -0.15) is 5.10 Å². The first kappa shape index (κ1) is 15.4. The summed E-state index contributed by atoms with van der Waals surface area (Å²) in [5.41, 5.74) is 1.43. The van der Waals surface area contributed by atoms with E-state index in [0.29, 0.717) is 31.2 Å². The number of nitrogens with one attached hydrogen (secondary N) is 1. The number of aromatic nitrogens is 2. The largest absolute Gasteiger partial charge is 0.377 e. The van der Waals surface area contributed by atoms with Crippen molar-refractivity contribution in [1.82, 2.24) is 15.1 Å². The van der Waals surface area contributed by atoms with Gasteiger partial charge in [-0.05, 0) is 12.0 Å². The van der Waals surface area contributed by atoms with Crippen LogP contribution in [0.3, 0.4) is 0 Å². The molecule has 0 bridgehead atoms. The van der Waals surface area contributed by atoms with Crippen molar-refractivity contribution in [2.75, 3.05) is 26.8 Å². The highest BCUT2D eigenvalue weighted by Gasteiger charge is 2.54. The van der Waals surface area contributed by atoms with Gasteiger partial charge in [-0.15, -0.1) is 0 Å². The fraction of sp³-hybridized carbons (Fsp3) is 0.444. The summed E-state index contributed by atoms with van der Waals surface area (Å²) in [5.74, 6) is 0.308. The third-order valence-electron chi connectivity index (χ3n) is 5.18. The number of likely N-dealkylation sites (tertiary alicyclic amines) is 1. The molecule has 0 saturated carbocycles. The predicted molar refractivity (Wildman–Crippen MR) is 87.8 cm³/mol. The first-order valence-electron chi connectivity index (χ1n) is 8.21. The lowest BCUT2D eigenvalue weighted by atomic mass is 9.87. The number of carbonyl (C=O) groups is 1. The fourth-order valence-electron chi connectivity index (χ4n) is 3.93. The molecule has 2 fully saturated rings. The van der Waals surface area contributed by atoms with E-state index in [0.717, 1.165) is 6.42 Å². The lowest BCUT2D eigenvalue weighted by Crippen LogP contribution is -2.42. The van der Waals surface area contributed by atoms with Gasteiger partial charge in [0.05, 0.1) is 31.5 Å². The molecule has 6 nitrogen and oxygen atoms in total. The number of nitrogens with zero attached hydrogens (tertiary/aromatic N) is 2. The number of hydrogen-bond acceptors (Lipinski definition) is 4. The second kappa shape index (κ2) is 6.03. The molecule has 4 rings (SSSR count). The van der Waals surface area contributed by atoms with Gasteiger partial charge in [-0.3, -0.25) is 9.89 Å². The maximum Gasteiger partial charge on any atom is 0.257 e. The van der Waals surface area contributed by atoms with Crippen LogP contribution >= 0.6 is 0 Å². The van der Waals surface area contributed by atoms with Gasteiger partial charge in [-0.25, -0.2) is 0 Å². The van der Waals surface area contributed by atoms with Crippen LogP contribution in [0.1, 0.15) is 28.3 Å². The van der Waals surface area contributed by atoms with Crippen LogP contribution in [0.4, 0.5) is 0 Å². The van der Waals surface area contributed by atoms with E-state index >= 15 is 0 Å². The van der Waals surface area contributed by atoms with Gasteiger partial charge in [-0.1, -0.05) is 30.3 Å². The molecule has 2 saturated heterocycles. The van der Waals surface area contributed by atoms with Crippen LogP contribution in [-0.4, -0.2) is 59.5 Å². The molecular weight excluding hydrogens is 306 g/mol. The van der Waals surface area contributed by atoms with E-state index in [9.17, 15) is 4.79 Å². The highest BCUT2D eigenvalue weighted by molar-refractivity contribution is 5.94. The summed E-state index contributed by atoms with van der Waals surface area (Å²) < 4.78 is 11.9. The van der Waals surface area contributed by atoms with E-state index in [2.05, 4.69) is 34.5 Å². The van der Waals surface area contributed by atoms with Gasteiger partial charge >= 0.3 is 0 Å². The summed E-state index contributed by atoms with van der Waals surface area (Å²) >= 11 is 0. The highest BCUT2D eigenvalue weighted by Crippen LogP contribution is 2.43. The Morgan fingerprint density at radius 1 is 1.42 bits per heavy atom. The SMILES string of the molecule is CO[C@@H]1CN(C(=O)c2cn[nH]c2)C[C@]12C[C@H](c1ccccc1)CO2. The normalized spacial score (nSPS) is 29.5. The minimum Gasteiger partial charge on any atom is -0.377 e. The summed E-state index contributed by atoms with van der Waals surface area (Å²) in [5, 5.41) is 6.55. The second-order valence-electron chi connectivity index (χ2n) is 6.58. The maximum absolute atomic E-state index is 12.6. The summed E-state index contributed by atoms with van der Waals surface area (Å²) in [6.07, 6.45) is 3.93. The first-order chi connectivity index (χ1) is 11.7. The molecule has 2 aliphatic rings. The zero-order valence-corrected chi connectivity index (χ0v) is 13.6.